The third kappa shape index (κ3) is 5.55. The van der Waals surface area contributed by atoms with Gasteiger partial charge < -0.3 is 0 Å². The molecule has 0 saturated heterocycles. The van der Waals surface area contributed by atoms with E-state index in [1.807, 2.05) is 0 Å². The SMILES string of the molecule is CC1(C)c2ccccc2-c2ccc(-c3ccc(-c4nc(-c5ccc(-c6ccc7c(c6)C(C)(C)c6ccccc6-7)cc5)nc(-c5cc6ccccc6c6ccccc56)n4)cc3)cc21. The second-order valence-electron chi connectivity index (χ2n) is 18.0. The van der Waals surface area contributed by atoms with Crippen molar-refractivity contribution >= 4 is 21.5 Å². The maximum absolute atomic E-state index is 5.25. The summed E-state index contributed by atoms with van der Waals surface area (Å²) in [5.41, 5.74) is 18.3. The molecule has 9 aromatic carbocycles. The van der Waals surface area contributed by atoms with Crippen molar-refractivity contribution in [2.24, 2.45) is 0 Å². The van der Waals surface area contributed by atoms with Gasteiger partial charge in [-0.1, -0.05) is 198 Å². The van der Waals surface area contributed by atoms with Crippen LogP contribution in [0.1, 0.15) is 49.9 Å². The van der Waals surface area contributed by atoms with Gasteiger partial charge in [-0.15, -0.1) is 0 Å². The Morgan fingerprint density at radius 1 is 0.274 bits per heavy atom. The van der Waals surface area contributed by atoms with E-state index >= 15 is 0 Å². The van der Waals surface area contributed by atoms with Crippen LogP contribution in [0.15, 0.2) is 188 Å². The van der Waals surface area contributed by atoms with Crippen molar-refractivity contribution in [1.82, 2.24) is 15.0 Å². The Hall–Kier alpha value is -7.49. The average Bonchev–Trinajstić information content (AvgIpc) is 3.70. The van der Waals surface area contributed by atoms with E-state index in [0.29, 0.717) is 17.5 Å². The van der Waals surface area contributed by atoms with Gasteiger partial charge in [-0.2, -0.15) is 0 Å². The first-order valence-electron chi connectivity index (χ1n) is 21.6. The van der Waals surface area contributed by atoms with Crippen LogP contribution in [0, 0.1) is 0 Å². The van der Waals surface area contributed by atoms with Gasteiger partial charge in [0.1, 0.15) is 0 Å². The minimum Gasteiger partial charge on any atom is -0.208 e. The van der Waals surface area contributed by atoms with Crippen LogP contribution in [0.25, 0.3) is 100 Å². The second-order valence-corrected chi connectivity index (χ2v) is 18.0. The molecule has 3 heteroatoms. The Morgan fingerprint density at radius 3 is 1.19 bits per heavy atom. The molecule has 0 amide bonds. The summed E-state index contributed by atoms with van der Waals surface area (Å²) in [5, 5.41) is 4.66. The number of benzene rings is 9. The molecular formula is C59H43N3. The van der Waals surface area contributed by atoms with Gasteiger partial charge >= 0.3 is 0 Å². The van der Waals surface area contributed by atoms with E-state index in [9.17, 15) is 0 Å². The van der Waals surface area contributed by atoms with Gasteiger partial charge in [-0.25, -0.2) is 15.0 Å². The number of hydrogen-bond acceptors (Lipinski definition) is 3. The van der Waals surface area contributed by atoms with E-state index in [-0.39, 0.29) is 10.8 Å². The maximum Gasteiger partial charge on any atom is 0.164 e. The molecule has 0 radical (unpaired) electrons. The van der Waals surface area contributed by atoms with Crippen LogP contribution in [-0.4, -0.2) is 15.0 Å². The third-order valence-corrected chi connectivity index (χ3v) is 13.8. The normalized spacial score (nSPS) is 14.1. The molecule has 0 fully saturated rings. The molecule has 0 saturated carbocycles. The van der Waals surface area contributed by atoms with Gasteiger partial charge in [0.2, 0.25) is 0 Å². The van der Waals surface area contributed by atoms with Gasteiger partial charge in [0.25, 0.3) is 0 Å². The molecule has 1 heterocycles. The zero-order valence-corrected chi connectivity index (χ0v) is 35.2. The zero-order chi connectivity index (χ0) is 41.7. The smallest absolute Gasteiger partial charge is 0.164 e. The first-order chi connectivity index (χ1) is 30.2. The van der Waals surface area contributed by atoms with E-state index < -0.39 is 0 Å². The molecule has 10 aromatic rings. The van der Waals surface area contributed by atoms with Crippen molar-refractivity contribution in [2.75, 3.05) is 0 Å². The van der Waals surface area contributed by atoms with Crippen LogP contribution in [0.3, 0.4) is 0 Å². The molecule has 0 atom stereocenters. The zero-order valence-electron chi connectivity index (χ0n) is 35.2. The summed E-state index contributed by atoms with van der Waals surface area (Å²) in [5.74, 6) is 1.94. The number of fused-ring (bicyclic) bond motifs is 9. The fourth-order valence-electron chi connectivity index (χ4n) is 10.4. The monoisotopic (exact) mass is 793 g/mol. The highest BCUT2D eigenvalue weighted by molar-refractivity contribution is 6.13. The van der Waals surface area contributed by atoms with Gasteiger partial charge in [0, 0.05) is 27.5 Å². The predicted molar refractivity (Wildman–Crippen MR) is 257 cm³/mol. The molecule has 3 nitrogen and oxygen atoms in total. The molecule has 12 rings (SSSR count). The molecule has 0 spiro atoms. The highest BCUT2D eigenvalue weighted by atomic mass is 15.0. The van der Waals surface area contributed by atoms with Crippen LogP contribution in [0.2, 0.25) is 0 Å². The molecular weight excluding hydrogens is 751 g/mol. The van der Waals surface area contributed by atoms with E-state index in [4.69, 9.17) is 15.0 Å². The number of aromatic nitrogens is 3. The minimum atomic E-state index is -0.0602. The van der Waals surface area contributed by atoms with Crippen molar-refractivity contribution in [3.05, 3.63) is 210 Å². The summed E-state index contributed by atoms with van der Waals surface area (Å²) in [7, 11) is 0. The van der Waals surface area contributed by atoms with Crippen LogP contribution in [0.5, 0.6) is 0 Å². The third-order valence-electron chi connectivity index (χ3n) is 13.8. The Kier molecular flexibility index (Phi) is 7.92. The average molecular weight is 794 g/mol. The lowest BCUT2D eigenvalue weighted by Gasteiger charge is -2.22. The number of rotatable bonds is 5. The fourth-order valence-corrected chi connectivity index (χ4v) is 10.4. The number of nitrogens with zero attached hydrogens (tertiary/aromatic N) is 3. The topological polar surface area (TPSA) is 38.7 Å². The quantitative estimate of drug-likeness (QED) is 0.163. The molecule has 0 bridgehead atoms. The van der Waals surface area contributed by atoms with E-state index in [1.165, 1.54) is 66.4 Å². The molecule has 0 N–H and O–H groups in total. The van der Waals surface area contributed by atoms with Crippen LogP contribution in [-0.2, 0) is 10.8 Å². The summed E-state index contributed by atoms with van der Waals surface area (Å²) >= 11 is 0. The fraction of sp³-hybridized carbons (Fsp3) is 0.102. The molecule has 2 aliphatic carbocycles. The Balaban J connectivity index is 0.951. The van der Waals surface area contributed by atoms with E-state index in [0.717, 1.165) is 38.6 Å². The highest BCUT2D eigenvalue weighted by Crippen LogP contribution is 2.51. The largest absolute Gasteiger partial charge is 0.208 e. The van der Waals surface area contributed by atoms with E-state index in [2.05, 4.69) is 216 Å². The highest BCUT2D eigenvalue weighted by Gasteiger charge is 2.36. The van der Waals surface area contributed by atoms with Gasteiger partial charge in [0.15, 0.2) is 17.5 Å². The molecule has 294 valence electrons. The van der Waals surface area contributed by atoms with Crippen molar-refractivity contribution < 1.29 is 0 Å². The van der Waals surface area contributed by atoms with Gasteiger partial charge in [-0.05, 0) is 107 Å². The maximum atomic E-state index is 5.25. The van der Waals surface area contributed by atoms with Crippen molar-refractivity contribution in [2.45, 2.75) is 38.5 Å². The minimum absolute atomic E-state index is 0.0602. The van der Waals surface area contributed by atoms with Crippen LogP contribution >= 0.6 is 0 Å². The standard InChI is InChI=1S/C59H43N3/c1-58(2)51-19-11-9-17-46(51)48-31-29-40(34-53(48)58)36-21-25-38(26-22-36)55-60-56(62-57(61-55)50-33-42-13-5-6-14-43(42)44-15-7-8-16-45(44)50)39-27-23-37(24-28-39)41-30-32-49-47-18-10-12-20-52(47)59(3,4)54(49)35-41/h5-35H,1-4H3. The summed E-state index contributed by atoms with van der Waals surface area (Å²) < 4.78 is 0. The molecule has 1 aromatic heterocycles. The number of hydrogen-bond donors (Lipinski definition) is 0. The summed E-state index contributed by atoms with van der Waals surface area (Å²) in [6.07, 6.45) is 0. The lowest BCUT2D eigenvalue weighted by atomic mass is 9.81. The summed E-state index contributed by atoms with van der Waals surface area (Å²) in [4.78, 5) is 15.7. The van der Waals surface area contributed by atoms with Crippen molar-refractivity contribution in [3.63, 3.8) is 0 Å². The molecule has 0 unspecified atom stereocenters. The van der Waals surface area contributed by atoms with Gasteiger partial charge in [-0.3, -0.25) is 0 Å². The van der Waals surface area contributed by atoms with Gasteiger partial charge in [0.05, 0.1) is 0 Å². The van der Waals surface area contributed by atoms with Crippen LogP contribution < -0.4 is 0 Å². The van der Waals surface area contributed by atoms with Crippen molar-refractivity contribution in [3.8, 4) is 78.7 Å². The Bertz CT molecular complexity index is 3280. The first kappa shape index (κ1) is 36.4. The lowest BCUT2D eigenvalue weighted by molar-refractivity contribution is 0.660. The molecule has 62 heavy (non-hydrogen) atoms. The summed E-state index contributed by atoms with van der Waals surface area (Å²) in [6, 6.07) is 68.2. The Morgan fingerprint density at radius 2 is 0.661 bits per heavy atom. The predicted octanol–water partition coefficient (Wildman–Crippen LogP) is 15.1. The molecule has 0 aliphatic heterocycles. The molecule has 2 aliphatic rings. The van der Waals surface area contributed by atoms with Crippen molar-refractivity contribution in [1.29, 1.82) is 0 Å². The Labute approximate surface area is 362 Å². The first-order valence-corrected chi connectivity index (χ1v) is 21.6. The lowest BCUT2D eigenvalue weighted by Crippen LogP contribution is -2.14. The summed E-state index contributed by atoms with van der Waals surface area (Å²) in [6.45, 7) is 9.33. The second kappa shape index (κ2) is 13.5. The van der Waals surface area contributed by atoms with E-state index in [1.54, 1.807) is 0 Å². The van der Waals surface area contributed by atoms with Crippen LogP contribution in [0.4, 0.5) is 0 Å².